The molecule has 1 aliphatic rings. The molecule has 0 heterocycles. The average Bonchev–Trinajstić information content (AvgIpc) is 2.61. The summed E-state index contributed by atoms with van der Waals surface area (Å²) in [5.41, 5.74) is 1.21. The molecule has 0 amide bonds. The van der Waals surface area contributed by atoms with Gasteiger partial charge in [0.25, 0.3) is 0 Å². The third-order valence-corrected chi connectivity index (χ3v) is 4.74. The quantitative estimate of drug-likeness (QED) is 0.496. The van der Waals surface area contributed by atoms with E-state index in [0.717, 1.165) is 32.1 Å². The molecule has 0 saturated carbocycles. The molecule has 0 spiro atoms. The first-order valence-corrected chi connectivity index (χ1v) is 9.31. The van der Waals surface area contributed by atoms with Crippen molar-refractivity contribution in [1.29, 1.82) is 0 Å². The van der Waals surface area contributed by atoms with Crippen molar-refractivity contribution >= 4 is 11.6 Å². The van der Waals surface area contributed by atoms with Crippen molar-refractivity contribution in [3.05, 3.63) is 47.2 Å². The Kier molecular flexibility index (Phi) is 7.86. The van der Waals surface area contributed by atoms with Crippen molar-refractivity contribution in [2.45, 2.75) is 70.3 Å². The van der Waals surface area contributed by atoms with Crippen molar-refractivity contribution in [3.8, 4) is 0 Å². The first kappa shape index (κ1) is 19.4. The summed E-state index contributed by atoms with van der Waals surface area (Å²) in [4.78, 5) is 23.9. The van der Waals surface area contributed by atoms with Crippen LogP contribution in [0.25, 0.3) is 0 Å². The molecule has 136 valence electrons. The van der Waals surface area contributed by atoms with E-state index in [1.54, 1.807) is 0 Å². The van der Waals surface area contributed by atoms with E-state index in [9.17, 15) is 19.8 Å². The molecule has 2 rings (SSSR count). The number of unbranched alkanes of at least 4 members (excludes halogenated alkanes) is 5. The van der Waals surface area contributed by atoms with Gasteiger partial charge in [-0.2, -0.15) is 0 Å². The normalized spacial score (nSPS) is 17.8. The zero-order valence-electron chi connectivity index (χ0n) is 14.7. The summed E-state index contributed by atoms with van der Waals surface area (Å²) in [7, 11) is 0. The summed E-state index contributed by atoms with van der Waals surface area (Å²) in [6.45, 7) is 0. The molecular weight excluding hydrogens is 316 g/mol. The van der Waals surface area contributed by atoms with Gasteiger partial charge < -0.3 is 10.2 Å². The number of allylic oxidation sites excluding steroid dienone is 1. The Morgan fingerprint density at radius 1 is 1.00 bits per heavy atom. The molecule has 0 aromatic heterocycles. The third kappa shape index (κ3) is 6.13. The summed E-state index contributed by atoms with van der Waals surface area (Å²) < 4.78 is 0. The Hall–Kier alpha value is -1.94. The minimum Gasteiger partial charge on any atom is -0.509 e. The van der Waals surface area contributed by atoms with Crippen LogP contribution in [0.2, 0.25) is 0 Å². The maximum Gasteiger partial charge on any atom is 0.170 e. The summed E-state index contributed by atoms with van der Waals surface area (Å²) in [5.74, 6) is -1.10. The van der Waals surface area contributed by atoms with Gasteiger partial charge in [0.15, 0.2) is 11.6 Å². The van der Waals surface area contributed by atoms with Crippen LogP contribution >= 0.6 is 0 Å². The van der Waals surface area contributed by atoms with Gasteiger partial charge in [-0.1, -0.05) is 56.0 Å². The minimum atomic E-state index is -1.07. The first-order chi connectivity index (χ1) is 12.1. The van der Waals surface area contributed by atoms with E-state index in [1.807, 2.05) is 6.07 Å². The fraction of sp³-hybridized carbons (Fsp3) is 0.524. The lowest BCUT2D eigenvalue weighted by molar-refractivity contribution is -0.123. The lowest BCUT2D eigenvalue weighted by atomic mass is 9.89. The molecule has 0 fully saturated rings. The predicted molar refractivity (Wildman–Crippen MR) is 97.4 cm³/mol. The highest BCUT2D eigenvalue weighted by Crippen LogP contribution is 2.23. The highest BCUT2D eigenvalue weighted by Gasteiger charge is 2.30. The second kappa shape index (κ2) is 10.1. The molecule has 0 bridgehead atoms. The van der Waals surface area contributed by atoms with Crippen LogP contribution in [0, 0.1) is 0 Å². The molecule has 0 aliphatic heterocycles. The van der Waals surface area contributed by atoms with Crippen molar-refractivity contribution in [2.75, 3.05) is 0 Å². The average molecular weight is 344 g/mol. The van der Waals surface area contributed by atoms with Crippen molar-refractivity contribution in [3.63, 3.8) is 0 Å². The first-order valence-electron chi connectivity index (χ1n) is 9.31. The van der Waals surface area contributed by atoms with E-state index in [-0.39, 0.29) is 36.4 Å². The number of ketones is 2. The summed E-state index contributed by atoms with van der Waals surface area (Å²) in [6, 6.07) is 10.5. The summed E-state index contributed by atoms with van der Waals surface area (Å²) in [6.07, 6.45) is 6.88. The highest BCUT2D eigenvalue weighted by atomic mass is 16.3. The highest BCUT2D eigenvalue weighted by molar-refractivity contribution is 6.21. The van der Waals surface area contributed by atoms with E-state index >= 15 is 0 Å². The van der Waals surface area contributed by atoms with Gasteiger partial charge in [0.1, 0.15) is 17.4 Å². The number of carbonyl (C=O) groups is 2. The molecule has 1 aliphatic carbocycles. The fourth-order valence-electron chi connectivity index (χ4n) is 3.23. The van der Waals surface area contributed by atoms with Gasteiger partial charge in [-0.05, 0) is 31.2 Å². The van der Waals surface area contributed by atoms with Gasteiger partial charge in [-0.15, -0.1) is 0 Å². The molecule has 2 N–H and O–H groups in total. The lowest BCUT2D eigenvalue weighted by Gasteiger charge is -2.18. The van der Waals surface area contributed by atoms with Crippen molar-refractivity contribution in [2.24, 2.45) is 0 Å². The molecule has 1 aromatic rings. The topological polar surface area (TPSA) is 74.6 Å². The lowest BCUT2D eigenvalue weighted by Crippen LogP contribution is -2.27. The molecule has 4 nitrogen and oxygen atoms in total. The zero-order chi connectivity index (χ0) is 18.1. The van der Waals surface area contributed by atoms with Gasteiger partial charge in [0.05, 0.1) is 0 Å². The standard InChI is InChI=1S/C21H28O4/c22-17(20-18(23)14-15-19(24)21(20)25)13-9-4-2-1-3-6-10-16-11-7-5-8-12-16/h5,7-8,11-12,19,24-25H,1-4,6,9-10,13-15H2. The zero-order valence-corrected chi connectivity index (χ0v) is 14.7. The second-order valence-corrected chi connectivity index (χ2v) is 6.77. The largest absolute Gasteiger partial charge is 0.509 e. The SMILES string of the molecule is O=C(CCCCCCCCc1ccccc1)C1=C(O)C(O)CCC1=O. The Balaban J connectivity index is 1.57. The van der Waals surface area contributed by atoms with Crippen LogP contribution in [0.3, 0.4) is 0 Å². The fourth-order valence-corrected chi connectivity index (χ4v) is 3.23. The van der Waals surface area contributed by atoms with Gasteiger partial charge in [-0.25, -0.2) is 0 Å². The number of benzene rings is 1. The van der Waals surface area contributed by atoms with Gasteiger partial charge >= 0.3 is 0 Å². The van der Waals surface area contributed by atoms with Crippen molar-refractivity contribution < 1.29 is 19.8 Å². The van der Waals surface area contributed by atoms with E-state index in [2.05, 4.69) is 24.3 Å². The van der Waals surface area contributed by atoms with Crippen LogP contribution < -0.4 is 0 Å². The molecule has 25 heavy (non-hydrogen) atoms. The van der Waals surface area contributed by atoms with Crippen molar-refractivity contribution in [1.82, 2.24) is 0 Å². The summed E-state index contributed by atoms with van der Waals surface area (Å²) in [5, 5.41) is 19.3. The van der Waals surface area contributed by atoms with Crippen LogP contribution in [-0.2, 0) is 16.0 Å². The van der Waals surface area contributed by atoms with E-state index < -0.39 is 11.9 Å². The molecular formula is C21H28O4. The van der Waals surface area contributed by atoms with Gasteiger partial charge in [-0.3, -0.25) is 9.59 Å². The van der Waals surface area contributed by atoms with Gasteiger partial charge in [0.2, 0.25) is 0 Å². The third-order valence-electron chi connectivity index (χ3n) is 4.74. The van der Waals surface area contributed by atoms with E-state index in [1.165, 1.54) is 18.4 Å². The smallest absolute Gasteiger partial charge is 0.170 e. The molecule has 0 radical (unpaired) electrons. The number of Topliss-reactive ketones (excluding diaryl/α,β-unsaturated/α-hetero) is 2. The molecule has 1 aromatic carbocycles. The number of carbonyl (C=O) groups excluding carboxylic acids is 2. The Morgan fingerprint density at radius 2 is 1.64 bits per heavy atom. The van der Waals surface area contributed by atoms with Crippen LogP contribution in [0.15, 0.2) is 41.7 Å². The number of aliphatic hydroxyl groups is 2. The van der Waals surface area contributed by atoms with Crippen LogP contribution in [0.5, 0.6) is 0 Å². The van der Waals surface area contributed by atoms with Crippen LogP contribution in [0.1, 0.15) is 63.4 Å². The Morgan fingerprint density at radius 3 is 2.36 bits per heavy atom. The van der Waals surface area contributed by atoms with Crippen LogP contribution in [-0.4, -0.2) is 27.9 Å². The molecule has 1 atom stereocenters. The maximum absolute atomic E-state index is 12.1. The predicted octanol–water partition coefficient (Wildman–Crippen LogP) is 4.06. The maximum atomic E-state index is 12.1. The second-order valence-electron chi connectivity index (χ2n) is 6.77. The number of aliphatic hydroxyl groups excluding tert-OH is 2. The molecule has 0 saturated heterocycles. The summed E-state index contributed by atoms with van der Waals surface area (Å²) >= 11 is 0. The molecule has 1 unspecified atom stereocenters. The number of hydrogen-bond acceptors (Lipinski definition) is 4. The minimum absolute atomic E-state index is 0.133. The number of hydrogen-bond donors (Lipinski definition) is 2. The monoisotopic (exact) mass is 344 g/mol. The Labute approximate surface area is 149 Å². The van der Waals surface area contributed by atoms with E-state index in [4.69, 9.17) is 0 Å². The molecule has 4 heteroatoms. The number of rotatable bonds is 10. The van der Waals surface area contributed by atoms with Crippen LogP contribution in [0.4, 0.5) is 0 Å². The number of aryl methyl sites for hydroxylation is 1. The Bertz CT molecular complexity index is 604. The van der Waals surface area contributed by atoms with Gasteiger partial charge in [0, 0.05) is 12.8 Å². The van der Waals surface area contributed by atoms with E-state index in [0.29, 0.717) is 0 Å².